The summed E-state index contributed by atoms with van der Waals surface area (Å²) in [4.78, 5) is 35.3. The maximum absolute atomic E-state index is 14.5. The van der Waals surface area contributed by atoms with Gasteiger partial charge in [0.1, 0.15) is 0 Å². The van der Waals surface area contributed by atoms with Crippen LogP contribution in [0.1, 0.15) is 81.0 Å². The van der Waals surface area contributed by atoms with Crippen LogP contribution in [0.5, 0.6) is 0 Å². The number of fused-ring (bicyclic) bond motifs is 2. The van der Waals surface area contributed by atoms with Crippen LogP contribution in [-0.2, 0) is 38.1 Å². The average Bonchev–Trinajstić information content (AvgIpc) is 3.55. The van der Waals surface area contributed by atoms with E-state index in [4.69, 9.17) is 14.2 Å². The second-order valence-corrected chi connectivity index (χ2v) is 13.9. The van der Waals surface area contributed by atoms with Crippen LogP contribution in [0.2, 0.25) is 0 Å². The number of carbonyl (C=O) groups excluding carboxylic acids is 2. The molecule has 4 fully saturated rings. The molecule has 11 heteroatoms. The van der Waals surface area contributed by atoms with Gasteiger partial charge in [-0.2, -0.15) is 13.2 Å². The summed E-state index contributed by atoms with van der Waals surface area (Å²) in [6, 6.07) is 1.13. The minimum atomic E-state index is -4.50. The Hall–Kier alpha value is -2.40. The van der Waals surface area contributed by atoms with Gasteiger partial charge in [0.15, 0.2) is 0 Å². The summed E-state index contributed by atoms with van der Waals surface area (Å²) in [6.07, 6.45) is 6.82. The monoisotopic (exact) mass is 621 g/mol. The van der Waals surface area contributed by atoms with Crippen LogP contribution >= 0.6 is 0 Å². The number of alkyl halides is 3. The first kappa shape index (κ1) is 31.6. The summed E-state index contributed by atoms with van der Waals surface area (Å²) >= 11 is 0. The molecule has 0 N–H and O–H groups in total. The van der Waals surface area contributed by atoms with Crippen LogP contribution in [0, 0.1) is 29.1 Å². The third kappa shape index (κ3) is 6.59. The zero-order valence-corrected chi connectivity index (χ0v) is 25.8. The van der Waals surface area contributed by atoms with Crippen molar-refractivity contribution in [3.63, 3.8) is 0 Å². The summed E-state index contributed by atoms with van der Waals surface area (Å²) < 4.78 is 57.4. The van der Waals surface area contributed by atoms with E-state index in [1.165, 1.54) is 32.1 Å². The zero-order valence-electron chi connectivity index (χ0n) is 25.8. The lowest BCUT2D eigenvalue weighted by Crippen LogP contribution is -2.49. The number of pyridine rings is 1. The number of amides is 2. The van der Waals surface area contributed by atoms with Crippen LogP contribution in [0.4, 0.5) is 18.0 Å². The normalized spacial score (nSPS) is 31.1. The predicted molar refractivity (Wildman–Crippen MR) is 155 cm³/mol. The standard InChI is InChI=1S/C33H46F3N3O5/c1-42-29-20-43-11-9-24(29)13-23-14-27-19-39(31(41)44-12-8-22-5-3-2-4-6-22)21-32(27,16-23)30(40)38-10-7-28-25(18-38)15-26(17-37-28)33(34,35)36/h15,17,22-24,27,29H,2-14,16,18-21H2,1H3/t23-,24?,27+,29?,32+/m1/s1. The van der Waals surface area contributed by atoms with Crippen molar-refractivity contribution in [3.8, 4) is 0 Å². The number of aromatic nitrogens is 1. The molecule has 44 heavy (non-hydrogen) atoms. The van der Waals surface area contributed by atoms with Crippen molar-refractivity contribution in [2.45, 2.75) is 89.5 Å². The first-order valence-electron chi connectivity index (χ1n) is 16.5. The molecule has 2 amide bonds. The Morgan fingerprint density at radius 3 is 2.73 bits per heavy atom. The molecule has 2 saturated heterocycles. The van der Waals surface area contributed by atoms with Crippen molar-refractivity contribution in [1.82, 2.24) is 14.8 Å². The van der Waals surface area contributed by atoms with Gasteiger partial charge in [-0.25, -0.2) is 4.79 Å². The van der Waals surface area contributed by atoms with Gasteiger partial charge in [-0.3, -0.25) is 9.78 Å². The summed E-state index contributed by atoms with van der Waals surface area (Å²) in [5.41, 5.74) is -0.508. The summed E-state index contributed by atoms with van der Waals surface area (Å²) in [6.45, 7) is 2.93. The van der Waals surface area contributed by atoms with Crippen LogP contribution in [-0.4, -0.2) is 79.5 Å². The first-order chi connectivity index (χ1) is 21.2. The molecule has 2 unspecified atom stereocenters. The second kappa shape index (κ2) is 13.1. The number of methoxy groups -OCH3 is 1. The lowest BCUT2D eigenvalue weighted by molar-refractivity contribution is -0.144. The Morgan fingerprint density at radius 1 is 1.14 bits per heavy atom. The number of hydrogen-bond acceptors (Lipinski definition) is 6. The molecule has 5 aliphatic rings. The van der Waals surface area contributed by atoms with Crippen molar-refractivity contribution < 1.29 is 37.0 Å². The van der Waals surface area contributed by atoms with Gasteiger partial charge in [0, 0.05) is 58.2 Å². The molecule has 2 aliphatic carbocycles. The fourth-order valence-corrected chi connectivity index (χ4v) is 8.82. The van der Waals surface area contributed by atoms with Gasteiger partial charge in [-0.05, 0) is 67.4 Å². The summed E-state index contributed by atoms with van der Waals surface area (Å²) in [5, 5.41) is 0. The molecule has 4 heterocycles. The molecule has 1 aromatic rings. The largest absolute Gasteiger partial charge is 0.449 e. The number of halogens is 3. The molecule has 0 radical (unpaired) electrons. The SMILES string of the molecule is COC1COCCC1C[C@@H]1C[C@H]2CN(C(=O)OCCC3CCCCC3)C[C@@]2(C(=O)N2CCc3ncc(C(F)(F)F)cc3C2)C1. The Labute approximate surface area is 258 Å². The third-order valence-corrected chi connectivity index (χ3v) is 11.2. The van der Waals surface area contributed by atoms with Gasteiger partial charge in [-0.1, -0.05) is 32.1 Å². The Morgan fingerprint density at radius 2 is 1.95 bits per heavy atom. The third-order valence-electron chi connectivity index (χ3n) is 11.2. The van der Waals surface area contributed by atoms with E-state index >= 15 is 0 Å². The molecule has 2 saturated carbocycles. The number of carbonyl (C=O) groups is 2. The molecule has 3 aliphatic heterocycles. The smallest absolute Gasteiger partial charge is 0.417 e. The fourth-order valence-electron chi connectivity index (χ4n) is 8.82. The lowest BCUT2D eigenvalue weighted by Gasteiger charge is -2.37. The number of hydrogen-bond donors (Lipinski definition) is 0. The molecule has 6 rings (SSSR count). The Bertz CT molecular complexity index is 1190. The maximum Gasteiger partial charge on any atom is 0.417 e. The van der Waals surface area contributed by atoms with E-state index in [9.17, 15) is 22.8 Å². The highest BCUT2D eigenvalue weighted by molar-refractivity contribution is 5.85. The van der Waals surface area contributed by atoms with Crippen LogP contribution in [0.25, 0.3) is 0 Å². The maximum atomic E-state index is 14.5. The van der Waals surface area contributed by atoms with E-state index in [-0.39, 0.29) is 30.6 Å². The molecular formula is C33H46F3N3O5. The van der Waals surface area contributed by atoms with Crippen LogP contribution < -0.4 is 0 Å². The summed E-state index contributed by atoms with van der Waals surface area (Å²) in [5.74, 6) is 1.18. The minimum Gasteiger partial charge on any atom is -0.449 e. The van der Waals surface area contributed by atoms with E-state index in [0.717, 1.165) is 37.9 Å². The van der Waals surface area contributed by atoms with E-state index in [2.05, 4.69) is 4.98 Å². The fraction of sp³-hybridized carbons (Fsp3) is 0.788. The molecule has 244 valence electrons. The molecule has 0 spiro atoms. The highest BCUT2D eigenvalue weighted by Crippen LogP contribution is 2.55. The van der Waals surface area contributed by atoms with Gasteiger partial charge in [0.05, 0.1) is 30.3 Å². The van der Waals surface area contributed by atoms with Crippen molar-refractivity contribution in [3.05, 3.63) is 29.1 Å². The second-order valence-electron chi connectivity index (χ2n) is 13.9. The quantitative estimate of drug-likeness (QED) is 0.380. The van der Waals surface area contributed by atoms with Crippen molar-refractivity contribution >= 4 is 12.0 Å². The van der Waals surface area contributed by atoms with Gasteiger partial charge in [0.2, 0.25) is 5.91 Å². The lowest BCUT2D eigenvalue weighted by atomic mass is 9.78. The topological polar surface area (TPSA) is 81.2 Å². The van der Waals surface area contributed by atoms with Gasteiger partial charge >= 0.3 is 12.3 Å². The Balaban J connectivity index is 1.17. The predicted octanol–water partition coefficient (Wildman–Crippen LogP) is 5.86. The number of likely N-dealkylation sites (tertiary alicyclic amines) is 1. The van der Waals surface area contributed by atoms with E-state index in [0.29, 0.717) is 81.3 Å². The number of ether oxygens (including phenoxy) is 3. The van der Waals surface area contributed by atoms with Crippen molar-refractivity contribution in [1.29, 1.82) is 0 Å². The van der Waals surface area contributed by atoms with Gasteiger partial charge in [0.25, 0.3) is 0 Å². The number of rotatable bonds is 7. The molecule has 8 nitrogen and oxygen atoms in total. The van der Waals surface area contributed by atoms with E-state index in [1.54, 1.807) is 16.9 Å². The van der Waals surface area contributed by atoms with Crippen molar-refractivity contribution in [2.75, 3.05) is 46.6 Å². The highest BCUT2D eigenvalue weighted by atomic mass is 19.4. The van der Waals surface area contributed by atoms with Crippen molar-refractivity contribution in [2.24, 2.45) is 29.1 Å². The average molecular weight is 622 g/mol. The van der Waals surface area contributed by atoms with E-state index < -0.39 is 17.2 Å². The van der Waals surface area contributed by atoms with Crippen LogP contribution in [0.3, 0.4) is 0 Å². The number of nitrogens with zero attached hydrogens (tertiary/aromatic N) is 3. The first-order valence-corrected chi connectivity index (χ1v) is 16.5. The summed E-state index contributed by atoms with van der Waals surface area (Å²) in [7, 11) is 1.71. The van der Waals surface area contributed by atoms with E-state index in [1.807, 2.05) is 0 Å². The molecule has 5 atom stereocenters. The van der Waals surface area contributed by atoms with Gasteiger partial charge in [-0.15, -0.1) is 0 Å². The van der Waals surface area contributed by atoms with Crippen LogP contribution in [0.15, 0.2) is 12.3 Å². The Kier molecular flexibility index (Phi) is 9.43. The highest BCUT2D eigenvalue weighted by Gasteiger charge is 2.60. The molecule has 0 aromatic carbocycles. The molecule has 1 aromatic heterocycles. The molecular weight excluding hydrogens is 575 g/mol. The zero-order chi connectivity index (χ0) is 30.9. The minimum absolute atomic E-state index is 0.0206. The van der Waals surface area contributed by atoms with Gasteiger partial charge < -0.3 is 24.0 Å². The molecule has 0 bridgehead atoms.